The maximum Gasteiger partial charge on any atom is 0.309 e. The van der Waals surface area contributed by atoms with Crippen LogP contribution in [0.3, 0.4) is 0 Å². The van der Waals surface area contributed by atoms with Gasteiger partial charge in [0.2, 0.25) is 0 Å². The molecule has 7 heteroatoms. The summed E-state index contributed by atoms with van der Waals surface area (Å²) in [5, 5.41) is 13.9. The van der Waals surface area contributed by atoms with Crippen molar-refractivity contribution in [2.45, 2.75) is 26.8 Å². The molecule has 106 valence electrons. The van der Waals surface area contributed by atoms with Gasteiger partial charge in [0.1, 0.15) is 5.01 Å². The molecule has 0 aliphatic heterocycles. The number of carbonyl (C=O) groups is 2. The summed E-state index contributed by atoms with van der Waals surface area (Å²) in [7, 11) is 0. The van der Waals surface area contributed by atoms with Gasteiger partial charge in [-0.1, -0.05) is 0 Å². The average molecular weight is 310 g/mol. The second-order valence-electron chi connectivity index (χ2n) is 4.31. The molecule has 5 nitrogen and oxygen atoms in total. The van der Waals surface area contributed by atoms with E-state index in [4.69, 9.17) is 5.11 Å². The molecule has 2 heterocycles. The first kappa shape index (κ1) is 14.7. The number of hydrogen-bond acceptors (Lipinski definition) is 5. The van der Waals surface area contributed by atoms with Crippen LogP contribution in [0.25, 0.3) is 0 Å². The lowest BCUT2D eigenvalue weighted by Gasteiger charge is -2.02. The van der Waals surface area contributed by atoms with Gasteiger partial charge >= 0.3 is 5.97 Å². The van der Waals surface area contributed by atoms with Gasteiger partial charge in [-0.25, -0.2) is 4.98 Å². The smallest absolute Gasteiger partial charge is 0.309 e. The number of carbonyl (C=O) groups excluding carboxylic acids is 1. The predicted octanol–water partition coefficient (Wildman–Crippen LogP) is 2.38. The summed E-state index contributed by atoms with van der Waals surface area (Å²) in [6.07, 6.45) is -0.0900. The quantitative estimate of drug-likeness (QED) is 0.888. The summed E-state index contributed by atoms with van der Waals surface area (Å²) in [5.74, 6) is -1.03. The van der Waals surface area contributed by atoms with Crippen LogP contribution in [-0.2, 0) is 17.8 Å². The number of hydrogen-bond donors (Lipinski definition) is 2. The molecule has 1 amide bonds. The fraction of sp³-hybridized carbons (Fsp3) is 0.308. The van der Waals surface area contributed by atoms with Crippen molar-refractivity contribution < 1.29 is 14.7 Å². The Hall–Kier alpha value is -1.73. The first-order chi connectivity index (χ1) is 9.45. The van der Waals surface area contributed by atoms with Gasteiger partial charge in [-0.2, -0.15) is 0 Å². The van der Waals surface area contributed by atoms with Crippen LogP contribution in [0.1, 0.15) is 30.8 Å². The minimum Gasteiger partial charge on any atom is -0.481 e. The number of carboxylic acid groups (broad SMARTS) is 1. The number of rotatable bonds is 5. The first-order valence-electron chi connectivity index (χ1n) is 5.96. The van der Waals surface area contributed by atoms with Crippen molar-refractivity contribution in [3.8, 4) is 0 Å². The summed E-state index contributed by atoms with van der Waals surface area (Å²) in [6, 6.07) is 1.87. The molecule has 0 bridgehead atoms. The fourth-order valence-electron chi connectivity index (χ4n) is 1.77. The van der Waals surface area contributed by atoms with E-state index < -0.39 is 5.97 Å². The van der Waals surface area contributed by atoms with Crippen molar-refractivity contribution in [1.82, 2.24) is 10.3 Å². The number of nitrogens with one attached hydrogen (secondary N) is 1. The van der Waals surface area contributed by atoms with Crippen LogP contribution in [-0.4, -0.2) is 22.0 Å². The number of aliphatic carboxylic acids is 1. The van der Waals surface area contributed by atoms with E-state index in [1.165, 1.54) is 11.3 Å². The fourth-order valence-corrected chi connectivity index (χ4v) is 3.43. The molecule has 20 heavy (non-hydrogen) atoms. The molecule has 0 saturated heterocycles. The molecular formula is C13H14N2O3S2. The van der Waals surface area contributed by atoms with E-state index in [0.29, 0.717) is 22.8 Å². The normalized spacial score (nSPS) is 10.5. The van der Waals surface area contributed by atoms with E-state index in [1.54, 1.807) is 16.7 Å². The second kappa shape index (κ2) is 6.15. The highest BCUT2D eigenvalue weighted by atomic mass is 32.1. The van der Waals surface area contributed by atoms with E-state index in [-0.39, 0.29) is 12.3 Å². The molecule has 2 aromatic rings. The standard InChI is InChI=1S/C13H14N2O3S2/c1-7-3-10(8(2)20-7)13(18)14-5-11-15-9(6-19-11)4-12(16)17/h3,6H,4-5H2,1-2H3,(H,14,18)(H,16,17). The summed E-state index contributed by atoms with van der Waals surface area (Å²) >= 11 is 2.94. The van der Waals surface area contributed by atoms with Crippen LogP contribution in [0.4, 0.5) is 0 Å². The Labute approximate surface area is 124 Å². The SMILES string of the molecule is Cc1cc(C(=O)NCc2nc(CC(=O)O)cs2)c(C)s1. The van der Waals surface area contributed by atoms with Crippen LogP contribution in [0.2, 0.25) is 0 Å². The lowest BCUT2D eigenvalue weighted by atomic mass is 10.2. The molecule has 0 radical (unpaired) electrons. The minimum atomic E-state index is -0.907. The van der Waals surface area contributed by atoms with E-state index in [2.05, 4.69) is 10.3 Å². The predicted molar refractivity (Wildman–Crippen MR) is 78.4 cm³/mol. The van der Waals surface area contributed by atoms with E-state index in [0.717, 1.165) is 9.75 Å². The highest BCUT2D eigenvalue weighted by molar-refractivity contribution is 7.12. The van der Waals surface area contributed by atoms with Crippen molar-refractivity contribution in [1.29, 1.82) is 0 Å². The molecule has 0 unspecified atom stereocenters. The number of nitrogens with zero attached hydrogens (tertiary/aromatic N) is 1. The Balaban J connectivity index is 1.95. The second-order valence-corrected chi connectivity index (χ2v) is 6.72. The van der Waals surface area contributed by atoms with Gasteiger partial charge in [0.05, 0.1) is 24.2 Å². The number of aromatic nitrogens is 1. The number of thiazole rings is 1. The van der Waals surface area contributed by atoms with Gasteiger partial charge in [0, 0.05) is 15.1 Å². The Kier molecular flexibility index (Phi) is 4.51. The molecule has 0 aromatic carbocycles. The summed E-state index contributed by atoms with van der Waals surface area (Å²) in [5.41, 5.74) is 1.21. The molecule has 0 aliphatic rings. The molecule has 0 atom stereocenters. The van der Waals surface area contributed by atoms with Crippen molar-refractivity contribution in [3.63, 3.8) is 0 Å². The molecule has 2 rings (SSSR count). The molecule has 0 saturated carbocycles. The van der Waals surface area contributed by atoms with Gasteiger partial charge in [-0.15, -0.1) is 22.7 Å². The zero-order valence-corrected chi connectivity index (χ0v) is 12.7. The third-order valence-corrected chi connectivity index (χ3v) is 4.48. The lowest BCUT2D eigenvalue weighted by Crippen LogP contribution is -2.22. The zero-order valence-electron chi connectivity index (χ0n) is 11.1. The van der Waals surface area contributed by atoms with Crippen molar-refractivity contribution >= 4 is 34.6 Å². The third kappa shape index (κ3) is 3.64. The summed E-state index contributed by atoms with van der Waals surface area (Å²) in [4.78, 5) is 28.8. The maximum atomic E-state index is 12.0. The molecule has 0 aliphatic carbocycles. The van der Waals surface area contributed by atoms with Gasteiger partial charge in [-0.3, -0.25) is 9.59 Å². The van der Waals surface area contributed by atoms with Crippen LogP contribution >= 0.6 is 22.7 Å². The monoisotopic (exact) mass is 310 g/mol. The highest BCUT2D eigenvalue weighted by Gasteiger charge is 2.12. The van der Waals surface area contributed by atoms with Crippen molar-refractivity contribution in [2.75, 3.05) is 0 Å². The number of aryl methyl sites for hydroxylation is 2. The maximum absolute atomic E-state index is 12.0. The summed E-state index contributed by atoms with van der Waals surface area (Å²) < 4.78 is 0. The highest BCUT2D eigenvalue weighted by Crippen LogP contribution is 2.20. The van der Waals surface area contributed by atoms with Gasteiger partial charge < -0.3 is 10.4 Å². The number of carboxylic acids is 1. The lowest BCUT2D eigenvalue weighted by molar-refractivity contribution is -0.136. The summed E-state index contributed by atoms with van der Waals surface area (Å²) in [6.45, 7) is 4.20. The Bertz CT molecular complexity index is 646. The van der Waals surface area contributed by atoms with Crippen LogP contribution in [0, 0.1) is 13.8 Å². The minimum absolute atomic E-state index is 0.0900. The Morgan fingerprint density at radius 2 is 2.15 bits per heavy atom. The number of amides is 1. The van der Waals surface area contributed by atoms with Crippen molar-refractivity contribution in [3.05, 3.63) is 37.5 Å². The Morgan fingerprint density at radius 3 is 2.75 bits per heavy atom. The molecule has 2 aromatic heterocycles. The first-order valence-corrected chi connectivity index (χ1v) is 7.65. The molecule has 0 spiro atoms. The molecular weight excluding hydrogens is 296 g/mol. The largest absolute Gasteiger partial charge is 0.481 e. The topological polar surface area (TPSA) is 79.3 Å². The Morgan fingerprint density at radius 1 is 1.40 bits per heavy atom. The van der Waals surface area contributed by atoms with Crippen LogP contribution in [0.5, 0.6) is 0 Å². The average Bonchev–Trinajstić information content (AvgIpc) is 2.92. The van der Waals surface area contributed by atoms with Crippen LogP contribution in [0.15, 0.2) is 11.4 Å². The van der Waals surface area contributed by atoms with E-state index in [9.17, 15) is 9.59 Å². The van der Waals surface area contributed by atoms with E-state index in [1.807, 2.05) is 19.9 Å². The van der Waals surface area contributed by atoms with E-state index >= 15 is 0 Å². The van der Waals surface area contributed by atoms with Crippen molar-refractivity contribution in [2.24, 2.45) is 0 Å². The van der Waals surface area contributed by atoms with Gasteiger partial charge in [0.15, 0.2) is 0 Å². The van der Waals surface area contributed by atoms with Gasteiger partial charge in [0.25, 0.3) is 5.91 Å². The van der Waals surface area contributed by atoms with Crippen LogP contribution < -0.4 is 5.32 Å². The third-order valence-electron chi connectivity index (χ3n) is 2.62. The van der Waals surface area contributed by atoms with Gasteiger partial charge in [-0.05, 0) is 19.9 Å². The zero-order chi connectivity index (χ0) is 14.7. The molecule has 2 N–H and O–H groups in total. The molecule has 0 fully saturated rings. The number of thiophene rings is 1.